The van der Waals surface area contributed by atoms with E-state index in [1.165, 1.54) is 40.0 Å². The number of rotatable bonds is 11. The predicted molar refractivity (Wildman–Crippen MR) is 140 cm³/mol. The zero-order valence-corrected chi connectivity index (χ0v) is 24.3. The number of phosphoric ester groups is 2. The van der Waals surface area contributed by atoms with Gasteiger partial charge < -0.3 is 50.9 Å². The highest BCUT2D eigenvalue weighted by Crippen LogP contribution is 2.58. The highest BCUT2D eigenvalue weighted by atomic mass is 31.3. The van der Waals surface area contributed by atoms with Crippen LogP contribution >= 0.6 is 15.6 Å². The third kappa shape index (κ3) is 6.66. The van der Waals surface area contributed by atoms with Gasteiger partial charge in [-0.05, 0) is 6.07 Å². The first-order valence-corrected chi connectivity index (χ1v) is 15.9. The second-order valence-electron chi connectivity index (χ2n) is 10.2. The molecular weight excluding hydrogens is 632 g/mol. The molecule has 0 aromatic carbocycles. The van der Waals surface area contributed by atoms with Crippen molar-refractivity contribution < 1.29 is 66.8 Å². The Labute approximate surface area is 247 Å². The first-order chi connectivity index (χ1) is 20.7. The van der Waals surface area contributed by atoms with E-state index in [9.17, 15) is 44.1 Å². The van der Waals surface area contributed by atoms with E-state index in [2.05, 4.69) is 19.3 Å². The Balaban J connectivity index is 1.16. The van der Waals surface area contributed by atoms with Crippen LogP contribution in [0.15, 0.2) is 37.2 Å². The van der Waals surface area contributed by atoms with Crippen LogP contribution in [0.3, 0.4) is 0 Å². The fourth-order valence-electron chi connectivity index (χ4n) is 5.09. The highest BCUT2D eigenvalue weighted by molar-refractivity contribution is 7.60. The molecule has 1 saturated carbocycles. The molecule has 3 aromatic rings. The minimum absolute atomic E-state index is 0.00622. The van der Waals surface area contributed by atoms with E-state index < -0.39 is 83.5 Å². The number of anilines is 1. The lowest BCUT2D eigenvalue weighted by Crippen LogP contribution is -2.45. The minimum atomic E-state index is -5.54. The molecular formula is C22H29N7O13P2. The number of fused-ring (bicyclic) bond motifs is 1. The molecule has 1 aliphatic carbocycles. The van der Waals surface area contributed by atoms with Gasteiger partial charge in [-0.2, -0.15) is 4.57 Å². The zero-order valence-electron chi connectivity index (χ0n) is 22.5. The number of aliphatic hydroxyl groups excluding tert-OH is 4. The predicted octanol–water partition coefficient (Wildman–Crippen LogP) is -2.98. The van der Waals surface area contributed by atoms with Gasteiger partial charge in [-0.15, -0.1) is 0 Å². The monoisotopic (exact) mass is 661 g/mol. The molecule has 10 atom stereocenters. The number of aliphatic hydroxyl groups is 4. The number of nitrogens with zero attached hydrogens (tertiary/aromatic N) is 5. The van der Waals surface area contributed by atoms with Gasteiger partial charge in [0.05, 0.1) is 25.6 Å². The van der Waals surface area contributed by atoms with E-state index in [-0.39, 0.29) is 29.0 Å². The Morgan fingerprint density at radius 1 is 1.11 bits per heavy atom. The van der Waals surface area contributed by atoms with Crippen molar-refractivity contribution in [2.45, 2.75) is 49.2 Å². The fraction of sp³-hybridized carbons (Fsp3) is 0.500. The first-order valence-electron chi connectivity index (χ1n) is 12.9. The van der Waals surface area contributed by atoms with E-state index in [4.69, 9.17) is 25.3 Å². The maximum atomic E-state index is 12.4. The van der Waals surface area contributed by atoms with E-state index in [1.54, 1.807) is 0 Å². The standard InChI is InChI=1S/C22H29N7O13P2/c23-19-14-21(26-8-25-19)29(9-27-14)22-18(33)17(32)13(41-22)7-40-44(37,38)42-43(35,36)39-6-11-4-12(16(31)15(11)30)28-3-1-2-10(5-28)20(24)34/h1-3,5,8-9,11-13,15-18,22,30-33H,4,6-7H2,(H5-,23,24,25,26,34,35,36,37,38)/t11?,12-,13-,15-,16+,17-,18-,22-/m1/s1. The molecule has 1 amide bonds. The van der Waals surface area contributed by atoms with Crippen molar-refractivity contribution in [2.75, 3.05) is 18.9 Å². The summed E-state index contributed by atoms with van der Waals surface area (Å²) in [7, 11) is -10.9. The largest absolute Gasteiger partial charge is 0.756 e. The van der Waals surface area contributed by atoms with Crippen molar-refractivity contribution >= 4 is 38.5 Å². The average Bonchev–Trinajstić information content (AvgIpc) is 3.61. The number of pyridine rings is 1. The molecule has 1 saturated heterocycles. The summed E-state index contributed by atoms with van der Waals surface area (Å²) in [5, 5.41) is 41.8. The molecule has 22 heteroatoms. The normalized spacial score (nSPS) is 31.6. The van der Waals surface area contributed by atoms with Crippen LogP contribution in [-0.2, 0) is 27.2 Å². The van der Waals surface area contributed by atoms with Crippen molar-refractivity contribution in [1.82, 2.24) is 19.5 Å². The number of amides is 1. The molecule has 5 rings (SSSR count). The van der Waals surface area contributed by atoms with Crippen LogP contribution in [0.5, 0.6) is 0 Å². The number of ether oxygens (including phenoxy) is 1. The van der Waals surface area contributed by atoms with Crippen LogP contribution in [0.1, 0.15) is 29.0 Å². The van der Waals surface area contributed by atoms with Gasteiger partial charge in [0, 0.05) is 18.4 Å². The Hall–Kier alpha value is -2.97. The summed E-state index contributed by atoms with van der Waals surface area (Å²) < 4.78 is 46.6. The van der Waals surface area contributed by atoms with Crippen LogP contribution in [0.2, 0.25) is 0 Å². The highest BCUT2D eigenvalue weighted by Gasteiger charge is 2.48. The summed E-state index contributed by atoms with van der Waals surface area (Å²) in [5.41, 5.74) is 11.5. The summed E-state index contributed by atoms with van der Waals surface area (Å²) in [6, 6.07) is 2.17. The van der Waals surface area contributed by atoms with Gasteiger partial charge in [-0.25, -0.2) is 23.8 Å². The van der Waals surface area contributed by atoms with Crippen LogP contribution in [0.4, 0.5) is 5.82 Å². The smallest absolute Gasteiger partial charge is 0.478 e. The molecule has 20 nitrogen and oxygen atoms in total. The number of aromatic nitrogens is 5. The minimum Gasteiger partial charge on any atom is -0.756 e. The van der Waals surface area contributed by atoms with Crippen molar-refractivity contribution in [3.63, 3.8) is 0 Å². The average molecular weight is 661 g/mol. The van der Waals surface area contributed by atoms with Gasteiger partial charge in [0.25, 0.3) is 13.7 Å². The molecule has 9 N–H and O–H groups in total. The molecule has 240 valence electrons. The Morgan fingerprint density at radius 2 is 1.86 bits per heavy atom. The SMILES string of the molecule is NC(=O)c1ccc[n+]([C@@H]2CC(COP(=O)([O-])OP(=O)(O)OC[C@H]3O[C@@H](n4cnc5c(N)ncnc54)[C@H](O)[C@@H]3O)[C@@H](O)[C@H]2O)c1. The maximum Gasteiger partial charge on any atom is 0.478 e. The molecule has 2 fully saturated rings. The van der Waals surface area contributed by atoms with Crippen LogP contribution in [-0.4, -0.2) is 94.5 Å². The van der Waals surface area contributed by atoms with E-state index in [0.29, 0.717) is 0 Å². The summed E-state index contributed by atoms with van der Waals surface area (Å²) in [4.78, 5) is 45.7. The third-order valence-electron chi connectivity index (χ3n) is 7.31. The van der Waals surface area contributed by atoms with Crippen molar-refractivity contribution in [3.05, 3.63) is 42.7 Å². The molecule has 3 unspecified atom stereocenters. The number of carbonyl (C=O) groups is 1. The quantitative estimate of drug-likeness (QED) is 0.0796. The summed E-state index contributed by atoms with van der Waals surface area (Å²) >= 11 is 0. The van der Waals surface area contributed by atoms with Gasteiger partial charge >= 0.3 is 7.82 Å². The second-order valence-corrected chi connectivity index (χ2v) is 13.2. The number of primary amides is 1. The van der Waals surface area contributed by atoms with E-state index in [1.807, 2.05) is 0 Å². The number of hydrogen-bond donors (Lipinski definition) is 7. The summed E-state index contributed by atoms with van der Waals surface area (Å²) in [6.07, 6.45) is -3.54. The van der Waals surface area contributed by atoms with Gasteiger partial charge in [0.2, 0.25) is 0 Å². The molecule has 2 aliphatic rings. The van der Waals surface area contributed by atoms with Crippen molar-refractivity contribution in [3.8, 4) is 0 Å². The third-order valence-corrected chi connectivity index (χ3v) is 9.88. The van der Waals surface area contributed by atoms with Crippen LogP contribution in [0.25, 0.3) is 11.2 Å². The fourth-order valence-corrected chi connectivity index (χ4v) is 7.18. The van der Waals surface area contributed by atoms with Gasteiger partial charge in [0.15, 0.2) is 36.1 Å². The van der Waals surface area contributed by atoms with Gasteiger partial charge in [-0.3, -0.25) is 18.5 Å². The number of nitrogen functional groups attached to an aromatic ring is 1. The Bertz CT molecular complexity index is 1630. The summed E-state index contributed by atoms with van der Waals surface area (Å²) in [5.74, 6) is -1.63. The lowest BCUT2D eigenvalue weighted by molar-refractivity contribution is -0.728. The number of imidazole rings is 1. The molecule has 0 radical (unpaired) electrons. The number of nitrogens with two attached hydrogens (primary N) is 2. The zero-order chi connectivity index (χ0) is 32.0. The van der Waals surface area contributed by atoms with E-state index >= 15 is 0 Å². The van der Waals surface area contributed by atoms with Gasteiger partial charge in [0.1, 0.15) is 41.8 Å². The van der Waals surface area contributed by atoms with Crippen LogP contribution in [0, 0.1) is 5.92 Å². The molecule has 3 aromatic heterocycles. The molecule has 1 aliphatic heterocycles. The Morgan fingerprint density at radius 3 is 2.59 bits per heavy atom. The molecule has 0 bridgehead atoms. The number of hydrogen-bond acceptors (Lipinski definition) is 16. The number of carbonyl (C=O) groups excluding carboxylic acids is 1. The first kappa shape index (κ1) is 32.4. The van der Waals surface area contributed by atoms with Crippen molar-refractivity contribution in [2.24, 2.45) is 11.7 Å². The van der Waals surface area contributed by atoms with Gasteiger partial charge in [-0.1, -0.05) is 0 Å². The molecule has 4 heterocycles. The number of phosphoric acid groups is 2. The topological polar surface area (TPSA) is 312 Å². The maximum absolute atomic E-state index is 12.4. The lowest BCUT2D eigenvalue weighted by Gasteiger charge is -2.27. The molecule has 0 spiro atoms. The molecule has 44 heavy (non-hydrogen) atoms. The van der Waals surface area contributed by atoms with E-state index in [0.717, 1.165) is 6.33 Å². The second kappa shape index (κ2) is 12.4. The van der Waals surface area contributed by atoms with Crippen molar-refractivity contribution in [1.29, 1.82) is 0 Å². The summed E-state index contributed by atoms with van der Waals surface area (Å²) in [6.45, 7) is -1.64. The Kier molecular flexibility index (Phi) is 9.16. The van der Waals surface area contributed by atoms with Crippen LogP contribution < -0.4 is 20.9 Å². The lowest BCUT2D eigenvalue weighted by atomic mass is 10.1.